The molecule has 0 radical (unpaired) electrons. The largest absolute Gasteiger partial charge is 0.462 e. The SMILES string of the molecule is CC/C=C/C/C=C/C/C=C/C/C=C/CCCC(CC(=O)NC(CO)C(O)CCCCCCCCCCCCCCCCC)OC(=O)CCCCC/C=C\C/C=C\C/C=C\C/C=C\CCCCC. The first-order valence-corrected chi connectivity index (χ1v) is 28.0. The Morgan fingerprint density at radius 2 is 0.821 bits per heavy atom. The molecule has 3 N–H and O–H groups in total. The van der Waals surface area contributed by atoms with Gasteiger partial charge in [0.05, 0.1) is 25.2 Å². The number of hydrogen-bond acceptors (Lipinski definition) is 5. The Labute approximate surface area is 414 Å². The van der Waals surface area contributed by atoms with Crippen LogP contribution in [0.5, 0.6) is 0 Å². The Bertz CT molecular complexity index is 1320. The standard InChI is InChI=1S/C61H105NO5/c1-4-7-10-13-16-19-22-25-28-29-30-31-33-36-39-42-45-48-51-54-61(66)67-57(52-49-46-43-40-37-34-27-24-21-18-15-12-9-6-3)55-60(65)62-58(56-63)59(64)53-50-47-44-41-38-35-32-26-23-20-17-14-11-8-5-2/h9,12,16,18-19,21,25,27-28,30-31,34,36,39-40,43,57-59,63-64H,4-8,10-11,13-15,17,20,22-24,26,29,32-33,35,37-38,41-42,44-56H2,1-3H3,(H,62,65)/b12-9+,19-16-,21-18+,28-25-,31-30-,34-27+,39-36-,43-40+. The third-order valence-electron chi connectivity index (χ3n) is 12.1. The predicted molar refractivity (Wildman–Crippen MR) is 291 cm³/mol. The summed E-state index contributed by atoms with van der Waals surface area (Å²) in [7, 11) is 0. The van der Waals surface area contributed by atoms with Crippen LogP contribution in [-0.4, -0.2) is 46.9 Å². The molecule has 0 spiro atoms. The van der Waals surface area contributed by atoms with Crippen LogP contribution >= 0.6 is 0 Å². The summed E-state index contributed by atoms with van der Waals surface area (Å²) < 4.78 is 5.91. The van der Waals surface area contributed by atoms with Crippen molar-refractivity contribution < 1.29 is 24.5 Å². The highest BCUT2D eigenvalue weighted by Crippen LogP contribution is 2.17. The minimum absolute atomic E-state index is 0.0220. The molecule has 3 unspecified atom stereocenters. The number of hydrogen-bond donors (Lipinski definition) is 3. The fourth-order valence-electron chi connectivity index (χ4n) is 7.94. The first-order chi connectivity index (χ1) is 33.0. The highest BCUT2D eigenvalue weighted by atomic mass is 16.5. The molecule has 6 heteroatoms. The zero-order valence-electron chi connectivity index (χ0n) is 43.8. The van der Waals surface area contributed by atoms with E-state index >= 15 is 0 Å². The van der Waals surface area contributed by atoms with Crippen molar-refractivity contribution in [2.75, 3.05) is 6.61 Å². The number of aliphatic hydroxyl groups excluding tert-OH is 2. The van der Waals surface area contributed by atoms with Crippen LogP contribution in [-0.2, 0) is 14.3 Å². The van der Waals surface area contributed by atoms with Crippen LogP contribution in [0.1, 0.15) is 252 Å². The molecule has 0 aromatic carbocycles. The number of amides is 1. The lowest BCUT2D eigenvalue weighted by atomic mass is 10.0. The van der Waals surface area contributed by atoms with Gasteiger partial charge in [-0.3, -0.25) is 9.59 Å². The smallest absolute Gasteiger partial charge is 0.306 e. The number of nitrogens with one attached hydrogen (secondary N) is 1. The monoisotopic (exact) mass is 932 g/mol. The molecule has 384 valence electrons. The molecule has 0 aliphatic carbocycles. The summed E-state index contributed by atoms with van der Waals surface area (Å²) in [6, 6.07) is -0.732. The van der Waals surface area contributed by atoms with Crippen molar-refractivity contribution >= 4 is 11.9 Å². The maximum Gasteiger partial charge on any atom is 0.306 e. The highest BCUT2D eigenvalue weighted by molar-refractivity contribution is 5.77. The zero-order valence-corrected chi connectivity index (χ0v) is 43.8. The highest BCUT2D eigenvalue weighted by Gasteiger charge is 2.24. The number of esters is 1. The molecular weight excluding hydrogens is 827 g/mol. The normalized spacial score (nSPS) is 13.9. The minimum atomic E-state index is -0.814. The van der Waals surface area contributed by atoms with E-state index in [2.05, 4.69) is 123 Å². The van der Waals surface area contributed by atoms with Gasteiger partial charge in [0, 0.05) is 6.42 Å². The summed E-state index contributed by atoms with van der Waals surface area (Å²) in [5.74, 6) is -0.568. The van der Waals surface area contributed by atoms with E-state index in [0.29, 0.717) is 19.3 Å². The fourth-order valence-corrected chi connectivity index (χ4v) is 7.94. The second-order valence-electron chi connectivity index (χ2n) is 18.6. The van der Waals surface area contributed by atoms with E-state index in [0.717, 1.165) is 103 Å². The Balaban J connectivity index is 4.69. The van der Waals surface area contributed by atoms with E-state index in [-0.39, 0.29) is 24.9 Å². The average molecular weight is 933 g/mol. The molecule has 6 nitrogen and oxygen atoms in total. The lowest BCUT2D eigenvalue weighted by Gasteiger charge is -2.24. The van der Waals surface area contributed by atoms with Crippen LogP contribution < -0.4 is 5.32 Å². The maximum absolute atomic E-state index is 13.2. The summed E-state index contributed by atoms with van der Waals surface area (Å²) in [6.45, 7) is 6.33. The van der Waals surface area contributed by atoms with E-state index in [1.165, 1.54) is 103 Å². The number of rotatable bonds is 49. The fraction of sp³-hybridized carbons (Fsp3) is 0.705. The topological polar surface area (TPSA) is 95.9 Å². The molecule has 0 saturated heterocycles. The van der Waals surface area contributed by atoms with Crippen LogP contribution in [0.15, 0.2) is 97.2 Å². The number of unbranched alkanes of at least 4 members (excludes halogenated alkanes) is 21. The van der Waals surface area contributed by atoms with Gasteiger partial charge in [-0.15, -0.1) is 0 Å². The van der Waals surface area contributed by atoms with E-state index < -0.39 is 18.2 Å². The summed E-state index contributed by atoms with van der Waals surface area (Å²) in [5.41, 5.74) is 0. The molecular formula is C61H105NO5. The van der Waals surface area contributed by atoms with Crippen LogP contribution in [0.3, 0.4) is 0 Å². The van der Waals surface area contributed by atoms with E-state index in [1.54, 1.807) is 0 Å². The van der Waals surface area contributed by atoms with Crippen LogP contribution in [0.4, 0.5) is 0 Å². The second kappa shape index (κ2) is 53.7. The quantitative estimate of drug-likeness (QED) is 0.0321. The first-order valence-electron chi connectivity index (χ1n) is 28.0. The third-order valence-corrected chi connectivity index (χ3v) is 12.1. The van der Waals surface area contributed by atoms with E-state index in [9.17, 15) is 19.8 Å². The van der Waals surface area contributed by atoms with Crippen LogP contribution in [0.2, 0.25) is 0 Å². The minimum Gasteiger partial charge on any atom is -0.462 e. The van der Waals surface area contributed by atoms with Gasteiger partial charge in [-0.05, 0) is 103 Å². The van der Waals surface area contributed by atoms with Gasteiger partial charge in [-0.1, -0.05) is 234 Å². The Kier molecular flexibility index (Phi) is 51.1. The summed E-state index contributed by atoms with van der Waals surface area (Å²) in [4.78, 5) is 26.2. The van der Waals surface area contributed by atoms with Gasteiger partial charge in [0.15, 0.2) is 0 Å². The van der Waals surface area contributed by atoms with Crippen molar-refractivity contribution in [1.29, 1.82) is 0 Å². The van der Waals surface area contributed by atoms with Gasteiger partial charge >= 0.3 is 5.97 Å². The number of aliphatic hydroxyl groups is 2. The van der Waals surface area contributed by atoms with Crippen molar-refractivity contribution in [2.24, 2.45) is 0 Å². The molecule has 0 saturated carbocycles. The van der Waals surface area contributed by atoms with Gasteiger partial charge in [0.1, 0.15) is 6.10 Å². The molecule has 0 aliphatic rings. The number of carbonyl (C=O) groups excluding carboxylic acids is 2. The molecule has 0 rings (SSSR count). The Hall–Kier alpha value is -3.22. The molecule has 67 heavy (non-hydrogen) atoms. The third kappa shape index (κ3) is 49.0. The van der Waals surface area contributed by atoms with Crippen molar-refractivity contribution in [2.45, 2.75) is 270 Å². The van der Waals surface area contributed by atoms with Gasteiger partial charge in [0.2, 0.25) is 5.91 Å². The zero-order chi connectivity index (χ0) is 48.8. The van der Waals surface area contributed by atoms with Crippen molar-refractivity contribution in [1.82, 2.24) is 5.32 Å². The summed E-state index contributed by atoms with van der Waals surface area (Å²) >= 11 is 0. The van der Waals surface area contributed by atoms with Gasteiger partial charge in [-0.2, -0.15) is 0 Å². The van der Waals surface area contributed by atoms with Gasteiger partial charge in [0.25, 0.3) is 0 Å². The average Bonchev–Trinajstić information content (AvgIpc) is 3.32. The van der Waals surface area contributed by atoms with Crippen molar-refractivity contribution in [3.63, 3.8) is 0 Å². The predicted octanol–water partition coefficient (Wildman–Crippen LogP) is 17.3. The maximum atomic E-state index is 13.2. The number of allylic oxidation sites excluding steroid dienone is 16. The second-order valence-corrected chi connectivity index (χ2v) is 18.6. The molecule has 0 fully saturated rings. The Morgan fingerprint density at radius 1 is 0.448 bits per heavy atom. The number of ether oxygens (including phenoxy) is 1. The van der Waals surface area contributed by atoms with Crippen LogP contribution in [0, 0.1) is 0 Å². The molecule has 0 aromatic rings. The molecule has 0 bridgehead atoms. The lowest BCUT2D eigenvalue weighted by Crippen LogP contribution is -2.46. The summed E-state index contributed by atoms with van der Waals surface area (Å²) in [5, 5.41) is 23.8. The molecule has 1 amide bonds. The van der Waals surface area contributed by atoms with Crippen molar-refractivity contribution in [3.05, 3.63) is 97.2 Å². The molecule has 3 atom stereocenters. The summed E-state index contributed by atoms with van der Waals surface area (Å²) in [6.07, 6.45) is 71.9. The molecule has 0 heterocycles. The Morgan fingerprint density at radius 3 is 1.27 bits per heavy atom. The molecule has 0 aliphatic heterocycles. The van der Waals surface area contributed by atoms with Gasteiger partial charge in [-0.25, -0.2) is 0 Å². The first kappa shape index (κ1) is 63.8. The van der Waals surface area contributed by atoms with Crippen molar-refractivity contribution in [3.8, 4) is 0 Å². The molecule has 0 aromatic heterocycles. The van der Waals surface area contributed by atoms with Gasteiger partial charge < -0.3 is 20.3 Å². The van der Waals surface area contributed by atoms with E-state index in [1.807, 2.05) is 0 Å². The van der Waals surface area contributed by atoms with Crippen LogP contribution in [0.25, 0.3) is 0 Å². The number of carbonyl (C=O) groups is 2. The lowest BCUT2D eigenvalue weighted by molar-refractivity contribution is -0.151. The van der Waals surface area contributed by atoms with E-state index in [4.69, 9.17) is 4.74 Å².